The summed E-state index contributed by atoms with van der Waals surface area (Å²) in [5, 5.41) is 41.9. The van der Waals surface area contributed by atoms with Gasteiger partial charge >= 0.3 is 35.8 Å². The van der Waals surface area contributed by atoms with E-state index in [2.05, 4.69) is 4.74 Å². The summed E-state index contributed by atoms with van der Waals surface area (Å²) < 4.78 is 4.06. The number of hydrogen-bond donors (Lipinski definition) is 5. The molecule has 0 rings (SSSR count). The molecule has 24 heavy (non-hydrogen) atoms. The van der Waals surface area contributed by atoms with Gasteiger partial charge in [0.15, 0.2) is 5.60 Å². The van der Waals surface area contributed by atoms with Gasteiger partial charge in [-0.1, -0.05) is 0 Å². The number of rotatable bonds is 8. The molecule has 0 amide bonds. The molecule has 0 aromatic rings. The van der Waals surface area contributed by atoms with E-state index in [-0.39, 0.29) is 12.8 Å². The summed E-state index contributed by atoms with van der Waals surface area (Å²) in [4.78, 5) is 60.9. The summed E-state index contributed by atoms with van der Waals surface area (Å²) in [6.45, 7) is 1.08. The molecule has 0 aromatic carbocycles. The van der Waals surface area contributed by atoms with Crippen LogP contribution in [0.1, 0.15) is 32.6 Å². The molecule has 0 heterocycles. The van der Waals surface area contributed by atoms with E-state index in [4.69, 9.17) is 25.5 Å². The fourth-order valence-corrected chi connectivity index (χ4v) is 1.13. The number of carbonyl (C=O) groups excluding carboxylic acids is 2. The van der Waals surface area contributed by atoms with Crippen LogP contribution in [-0.4, -0.2) is 66.9 Å². The predicted octanol–water partition coefficient (Wildman–Crippen LogP) is -1.31. The molecule has 0 spiro atoms. The Balaban J connectivity index is 0. The van der Waals surface area contributed by atoms with Crippen LogP contribution >= 0.6 is 0 Å². The number of carboxylic acid groups (broad SMARTS) is 4. The van der Waals surface area contributed by atoms with Crippen LogP contribution in [-0.2, 0) is 33.5 Å². The van der Waals surface area contributed by atoms with Crippen molar-refractivity contribution >= 4 is 35.8 Å². The lowest BCUT2D eigenvalue weighted by Gasteiger charge is -2.18. The molecule has 0 aliphatic rings. The average Bonchev–Trinajstić information content (AvgIpc) is 2.34. The molecule has 0 bridgehead atoms. The Hall–Kier alpha value is -3.02. The van der Waals surface area contributed by atoms with E-state index in [0.717, 1.165) is 6.92 Å². The largest absolute Gasteiger partial charge is 0.481 e. The van der Waals surface area contributed by atoms with E-state index in [0.29, 0.717) is 0 Å². The van der Waals surface area contributed by atoms with Crippen molar-refractivity contribution in [3.63, 3.8) is 0 Å². The Morgan fingerprint density at radius 3 is 1.46 bits per heavy atom. The van der Waals surface area contributed by atoms with Crippen LogP contribution in [0, 0.1) is 0 Å². The number of ether oxygens (including phenoxy) is 1. The molecule has 0 unspecified atom stereocenters. The normalized spacial score (nSPS) is 9.92. The summed E-state index contributed by atoms with van der Waals surface area (Å²) in [5.41, 5.74) is -2.74. The lowest BCUT2D eigenvalue weighted by molar-refractivity contribution is -0.170. The molecule has 0 aliphatic heterocycles. The average molecular weight is 352 g/mol. The highest BCUT2D eigenvalue weighted by Gasteiger charge is 2.40. The molecule has 0 aliphatic carbocycles. The standard InChI is InChI=1S/C6H8O7.C6H8O5/c7-3(8)1-6(13,5(11)12)2-4(9)10;1-4(7)11-6(10)3-2-5(8)9/h13H,1-2H2,(H,7,8)(H,9,10)(H,11,12);2-3H2,1H3,(H,8,9). The van der Waals surface area contributed by atoms with Gasteiger partial charge in [-0.3, -0.25) is 24.0 Å². The van der Waals surface area contributed by atoms with Gasteiger partial charge in [-0.05, 0) is 0 Å². The van der Waals surface area contributed by atoms with Crippen molar-refractivity contribution in [3.8, 4) is 0 Å². The molecule has 0 atom stereocenters. The third-order valence-corrected chi connectivity index (χ3v) is 2.09. The van der Waals surface area contributed by atoms with E-state index in [1.54, 1.807) is 0 Å². The molecule has 0 aromatic heterocycles. The molecule has 5 N–H and O–H groups in total. The van der Waals surface area contributed by atoms with Gasteiger partial charge in [0.25, 0.3) is 0 Å². The van der Waals surface area contributed by atoms with Crippen molar-refractivity contribution in [1.29, 1.82) is 0 Å². The molecule has 0 fully saturated rings. The van der Waals surface area contributed by atoms with Crippen molar-refractivity contribution < 1.29 is 59.0 Å². The van der Waals surface area contributed by atoms with Crippen molar-refractivity contribution in [1.82, 2.24) is 0 Å². The quantitative estimate of drug-likeness (QED) is 0.254. The van der Waals surface area contributed by atoms with Gasteiger partial charge < -0.3 is 30.3 Å². The molecular weight excluding hydrogens is 336 g/mol. The Morgan fingerprint density at radius 2 is 1.21 bits per heavy atom. The Morgan fingerprint density at radius 1 is 0.792 bits per heavy atom. The number of aliphatic carboxylic acids is 4. The maximum absolute atomic E-state index is 10.5. The highest BCUT2D eigenvalue weighted by molar-refractivity contribution is 5.88. The van der Waals surface area contributed by atoms with Gasteiger partial charge in [-0.2, -0.15) is 0 Å². The number of carboxylic acids is 4. The topological polar surface area (TPSA) is 213 Å². The highest BCUT2D eigenvalue weighted by atomic mass is 16.6. The Kier molecular flexibility index (Phi) is 10.3. The van der Waals surface area contributed by atoms with Crippen LogP contribution in [0.4, 0.5) is 0 Å². The van der Waals surface area contributed by atoms with Crippen LogP contribution < -0.4 is 0 Å². The van der Waals surface area contributed by atoms with Gasteiger partial charge in [0.2, 0.25) is 0 Å². The minimum atomic E-state index is -2.74. The second-order valence-electron chi connectivity index (χ2n) is 4.34. The van der Waals surface area contributed by atoms with Crippen molar-refractivity contribution in [2.45, 2.75) is 38.2 Å². The van der Waals surface area contributed by atoms with Crippen LogP contribution in [0.3, 0.4) is 0 Å². The first-order chi connectivity index (χ1) is 10.8. The lowest BCUT2D eigenvalue weighted by Crippen LogP contribution is -2.42. The van der Waals surface area contributed by atoms with Crippen LogP contribution in [0.15, 0.2) is 0 Å². The predicted molar refractivity (Wildman–Crippen MR) is 70.7 cm³/mol. The zero-order valence-corrected chi connectivity index (χ0v) is 12.4. The van der Waals surface area contributed by atoms with E-state index in [9.17, 15) is 28.8 Å². The summed E-state index contributed by atoms with van der Waals surface area (Å²) >= 11 is 0. The molecular formula is C12H16O12. The number of aliphatic hydroxyl groups is 1. The summed E-state index contributed by atoms with van der Waals surface area (Å²) in [7, 11) is 0. The SMILES string of the molecule is CC(=O)OC(=O)CCC(=O)O.O=C(O)CC(O)(CC(=O)O)C(=O)O. The molecule has 0 saturated carbocycles. The van der Waals surface area contributed by atoms with Crippen molar-refractivity contribution in [3.05, 3.63) is 0 Å². The third kappa shape index (κ3) is 12.7. The number of carbonyl (C=O) groups is 6. The minimum Gasteiger partial charge on any atom is -0.481 e. The van der Waals surface area contributed by atoms with Gasteiger partial charge in [0.1, 0.15) is 0 Å². The van der Waals surface area contributed by atoms with Gasteiger partial charge in [0, 0.05) is 6.92 Å². The minimum absolute atomic E-state index is 0.269. The van der Waals surface area contributed by atoms with E-state index in [1.165, 1.54) is 0 Å². The van der Waals surface area contributed by atoms with Gasteiger partial charge in [0.05, 0.1) is 25.7 Å². The van der Waals surface area contributed by atoms with Gasteiger partial charge in [-0.15, -0.1) is 0 Å². The monoisotopic (exact) mass is 352 g/mol. The third-order valence-electron chi connectivity index (χ3n) is 2.09. The number of hydrogen-bond acceptors (Lipinski definition) is 8. The first-order valence-electron chi connectivity index (χ1n) is 6.12. The lowest BCUT2D eigenvalue weighted by atomic mass is 9.96. The molecule has 12 heteroatoms. The first kappa shape index (κ1) is 23.2. The highest BCUT2D eigenvalue weighted by Crippen LogP contribution is 2.15. The molecule has 136 valence electrons. The zero-order valence-electron chi connectivity index (χ0n) is 12.4. The zero-order chi connectivity index (χ0) is 19.5. The molecule has 12 nitrogen and oxygen atoms in total. The second-order valence-corrected chi connectivity index (χ2v) is 4.34. The molecule has 0 saturated heterocycles. The van der Waals surface area contributed by atoms with Crippen LogP contribution in [0.25, 0.3) is 0 Å². The second kappa shape index (κ2) is 10.7. The fraction of sp³-hybridized carbons (Fsp3) is 0.500. The van der Waals surface area contributed by atoms with Crippen LogP contribution in [0.2, 0.25) is 0 Å². The van der Waals surface area contributed by atoms with Gasteiger partial charge in [-0.25, -0.2) is 4.79 Å². The van der Waals surface area contributed by atoms with Crippen LogP contribution in [0.5, 0.6) is 0 Å². The summed E-state index contributed by atoms with van der Waals surface area (Å²) in [5.74, 6) is -7.64. The smallest absolute Gasteiger partial charge is 0.336 e. The van der Waals surface area contributed by atoms with Crippen molar-refractivity contribution in [2.24, 2.45) is 0 Å². The van der Waals surface area contributed by atoms with E-state index >= 15 is 0 Å². The molecule has 0 radical (unpaired) electrons. The Labute approximate surface area is 134 Å². The summed E-state index contributed by atoms with van der Waals surface area (Å²) in [6, 6.07) is 0. The fourth-order valence-electron chi connectivity index (χ4n) is 1.13. The van der Waals surface area contributed by atoms with E-state index in [1.807, 2.05) is 0 Å². The maximum Gasteiger partial charge on any atom is 0.336 e. The summed E-state index contributed by atoms with van der Waals surface area (Å²) in [6.07, 6.45) is -2.87. The first-order valence-corrected chi connectivity index (χ1v) is 6.12. The Bertz CT molecular complexity index is 504. The van der Waals surface area contributed by atoms with E-state index < -0.39 is 54.3 Å². The maximum atomic E-state index is 10.5. The van der Waals surface area contributed by atoms with Crippen molar-refractivity contribution in [2.75, 3.05) is 0 Å². The number of esters is 2.